The number of hydrogen-bond donors (Lipinski definition) is 0. The van der Waals surface area contributed by atoms with Crippen LogP contribution >= 0.6 is 0 Å². The van der Waals surface area contributed by atoms with E-state index in [1.165, 1.54) is 4.31 Å². The number of nitro groups is 1. The van der Waals surface area contributed by atoms with Crippen LogP contribution in [0.3, 0.4) is 0 Å². The highest BCUT2D eigenvalue weighted by Crippen LogP contribution is 2.37. The molecule has 1 aliphatic rings. The predicted molar refractivity (Wildman–Crippen MR) is 132 cm³/mol. The first-order valence-corrected chi connectivity index (χ1v) is 14.2. The summed E-state index contributed by atoms with van der Waals surface area (Å²) >= 11 is 0. The summed E-state index contributed by atoms with van der Waals surface area (Å²) in [6.07, 6.45) is 7.67. The summed E-state index contributed by atoms with van der Waals surface area (Å²) in [5.74, 6) is 2.38. The number of anilines is 1. The molecule has 0 spiro atoms. The van der Waals surface area contributed by atoms with Crippen molar-refractivity contribution < 1.29 is 25.9 Å². The van der Waals surface area contributed by atoms with Crippen molar-refractivity contribution in [2.45, 2.75) is 31.2 Å². The SMILES string of the molecule is C#Cc1cc([N+](=O)[O-])cc(S(=O)(=O)N2CCc3ccccc3C2)c1N(CCC)CCOS(C)(=O)=O. The summed E-state index contributed by atoms with van der Waals surface area (Å²) in [6.45, 7) is 2.29. The van der Waals surface area contributed by atoms with Gasteiger partial charge in [-0.05, 0) is 24.0 Å². The number of nitro benzene ring substituents is 1. The Morgan fingerprint density at radius 2 is 1.86 bits per heavy atom. The zero-order valence-electron chi connectivity index (χ0n) is 19.5. The molecule has 0 saturated heterocycles. The molecule has 35 heavy (non-hydrogen) atoms. The molecule has 1 heterocycles. The lowest BCUT2D eigenvalue weighted by atomic mass is 10.0. The molecule has 188 valence electrons. The normalized spacial score (nSPS) is 14.2. The molecule has 0 radical (unpaired) electrons. The molecule has 3 rings (SSSR count). The van der Waals surface area contributed by atoms with Gasteiger partial charge in [0.15, 0.2) is 0 Å². The van der Waals surface area contributed by atoms with E-state index in [9.17, 15) is 26.9 Å². The van der Waals surface area contributed by atoms with Crippen LogP contribution < -0.4 is 4.90 Å². The monoisotopic (exact) mass is 521 g/mol. The Hall–Kier alpha value is -2.98. The standard InChI is InChI=1S/C23H27N3O7S2/c1-4-11-24(13-14-33-34(3,29)30)23-18(5-2)15-21(26(27)28)16-22(23)35(31,32)25-12-10-19-8-6-7-9-20(19)17-25/h2,6-9,15-16H,4,10-14,17H2,1,3H3. The second kappa shape index (κ2) is 10.7. The molecule has 0 atom stereocenters. The minimum Gasteiger partial charge on any atom is -0.367 e. The van der Waals surface area contributed by atoms with Crippen LogP contribution in [0.1, 0.15) is 30.0 Å². The topological polar surface area (TPSA) is 127 Å². The number of fused-ring (bicyclic) bond motifs is 1. The minimum absolute atomic E-state index is 0.0127. The average Bonchev–Trinajstić information content (AvgIpc) is 2.81. The third-order valence-electron chi connectivity index (χ3n) is 5.61. The maximum absolute atomic E-state index is 13.9. The Morgan fingerprint density at radius 1 is 1.17 bits per heavy atom. The van der Waals surface area contributed by atoms with Crippen LogP contribution in [0, 0.1) is 22.5 Å². The molecule has 0 bridgehead atoms. The van der Waals surface area contributed by atoms with Gasteiger partial charge in [-0.15, -0.1) is 6.42 Å². The van der Waals surface area contributed by atoms with Crippen molar-refractivity contribution in [2.24, 2.45) is 0 Å². The van der Waals surface area contributed by atoms with Crippen LogP contribution in [0.15, 0.2) is 41.3 Å². The fourth-order valence-corrected chi connectivity index (χ4v) is 6.10. The lowest BCUT2D eigenvalue weighted by Crippen LogP contribution is -2.38. The first-order valence-electron chi connectivity index (χ1n) is 10.9. The lowest BCUT2D eigenvalue weighted by molar-refractivity contribution is -0.385. The Balaban J connectivity index is 2.13. The van der Waals surface area contributed by atoms with Crippen molar-refractivity contribution >= 4 is 31.5 Å². The Kier molecular flexibility index (Phi) is 8.17. The zero-order chi connectivity index (χ0) is 25.8. The molecule has 10 nitrogen and oxygen atoms in total. The molecule has 0 saturated carbocycles. The number of terminal acetylenes is 1. The van der Waals surface area contributed by atoms with Gasteiger partial charge in [-0.3, -0.25) is 14.3 Å². The van der Waals surface area contributed by atoms with E-state index in [0.717, 1.165) is 29.5 Å². The predicted octanol–water partition coefficient (Wildman–Crippen LogP) is 2.52. The van der Waals surface area contributed by atoms with E-state index in [-0.39, 0.29) is 42.4 Å². The van der Waals surface area contributed by atoms with E-state index in [1.807, 2.05) is 31.2 Å². The summed E-state index contributed by atoms with van der Waals surface area (Å²) in [6, 6.07) is 9.69. The first-order chi connectivity index (χ1) is 16.5. The van der Waals surface area contributed by atoms with Crippen molar-refractivity contribution in [1.82, 2.24) is 4.31 Å². The van der Waals surface area contributed by atoms with Gasteiger partial charge in [0.25, 0.3) is 15.8 Å². The van der Waals surface area contributed by atoms with Gasteiger partial charge in [0.05, 0.1) is 29.0 Å². The van der Waals surface area contributed by atoms with Crippen molar-refractivity contribution in [3.8, 4) is 12.3 Å². The van der Waals surface area contributed by atoms with E-state index < -0.39 is 30.8 Å². The van der Waals surface area contributed by atoms with Crippen molar-refractivity contribution in [2.75, 3.05) is 37.4 Å². The van der Waals surface area contributed by atoms with Gasteiger partial charge in [-0.25, -0.2) is 8.42 Å². The van der Waals surface area contributed by atoms with E-state index in [1.54, 1.807) is 4.90 Å². The molecule has 0 fully saturated rings. The van der Waals surface area contributed by atoms with Gasteiger partial charge in [0.1, 0.15) is 4.90 Å². The number of non-ortho nitro benzene ring substituents is 1. The minimum atomic E-state index is -4.21. The van der Waals surface area contributed by atoms with E-state index in [4.69, 9.17) is 10.6 Å². The third kappa shape index (κ3) is 6.18. The first kappa shape index (κ1) is 26.6. The maximum Gasteiger partial charge on any atom is 0.272 e. The maximum atomic E-state index is 13.9. The van der Waals surface area contributed by atoms with Crippen molar-refractivity contribution in [3.63, 3.8) is 0 Å². The van der Waals surface area contributed by atoms with Gasteiger partial charge in [-0.2, -0.15) is 12.7 Å². The third-order valence-corrected chi connectivity index (χ3v) is 8.06. The fourth-order valence-electron chi connectivity index (χ4n) is 4.05. The average molecular weight is 522 g/mol. The summed E-state index contributed by atoms with van der Waals surface area (Å²) in [5, 5.41) is 11.6. The summed E-state index contributed by atoms with van der Waals surface area (Å²) in [4.78, 5) is 12.2. The Morgan fingerprint density at radius 3 is 2.46 bits per heavy atom. The van der Waals surface area contributed by atoms with Crippen LogP contribution in [-0.2, 0) is 37.3 Å². The second-order valence-corrected chi connectivity index (χ2v) is 11.7. The molecule has 0 aliphatic carbocycles. The highest BCUT2D eigenvalue weighted by molar-refractivity contribution is 7.89. The molecule has 0 amide bonds. The van der Waals surface area contributed by atoms with Crippen LogP contribution in [0.25, 0.3) is 0 Å². The van der Waals surface area contributed by atoms with Gasteiger partial charge in [0, 0.05) is 38.3 Å². The quantitative estimate of drug-likeness (QED) is 0.202. The lowest BCUT2D eigenvalue weighted by Gasteiger charge is -2.32. The molecule has 0 N–H and O–H groups in total. The number of benzene rings is 2. The smallest absolute Gasteiger partial charge is 0.272 e. The molecular weight excluding hydrogens is 494 g/mol. The number of sulfonamides is 1. The van der Waals surface area contributed by atoms with Gasteiger partial charge < -0.3 is 4.90 Å². The summed E-state index contributed by atoms with van der Waals surface area (Å²) in [5.41, 5.74) is 1.62. The van der Waals surface area contributed by atoms with Gasteiger partial charge >= 0.3 is 0 Å². The molecule has 2 aromatic carbocycles. The Labute approximate surface area is 205 Å². The second-order valence-electron chi connectivity index (χ2n) is 8.11. The Bertz CT molecular complexity index is 1370. The van der Waals surface area contributed by atoms with Crippen LogP contribution in [0.4, 0.5) is 11.4 Å². The molecular formula is C23H27N3O7S2. The van der Waals surface area contributed by atoms with Crippen molar-refractivity contribution in [3.05, 3.63) is 63.2 Å². The number of rotatable bonds is 10. The van der Waals surface area contributed by atoms with E-state index in [0.29, 0.717) is 19.4 Å². The zero-order valence-corrected chi connectivity index (χ0v) is 21.1. The highest BCUT2D eigenvalue weighted by Gasteiger charge is 2.34. The molecule has 12 heteroatoms. The van der Waals surface area contributed by atoms with Crippen LogP contribution in [0.5, 0.6) is 0 Å². The van der Waals surface area contributed by atoms with Crippen LogP contribution in [-0.4, -0.2) is 58.6 Å². The van der Waals surface area contributed by atoms with E-state index >= 15 is 0 Å². The molecule has 0 aromatic heterocycles. The number of nitrogens with zero attached hydrogens (tertiary/aromatic N) is 3. The summed E-state index contributed by atoms with van der Waals surface area (Å²) in [7, 11) is -7.93. The highest BCUT2D eigenvalue weighted by atomic mass is 32.2. The molecule has 0 unspecified atom stereocenters. The van der Waals surface area contributed by atoms with Gasteiger partial charge in [0.2, 0.25) is 10.0 Å². The fraction of sp³-hybridized carbons (Fsp3) is 0.391. The molecule has 2 aromatic rings. The van der Waals surface area contributed by atoms with Gasteiger partial charge in [-0.1, -0.05) is 37.1 Å². The van der Waals surface area contributed by atoms with E-state index in [2.05, 4.69) is 5.92 Å². The number of hydrogen-bond acceptors (Lipinski definition) is 8. The largest absolute Gasteiger partial charge is 0.367 e. The van der Waals surface area contributed by atoms with Crippen molar-refractivity contribution in [1.29, 1.82) is 0 Å². The molecule has 1 aliphatic heterocycles. The van der Waals surface area contributed by atoms with Crippen LogP contribution in [0.2, 0.25) is 0 Å². The summed E-state index contributed by atoms with van der Waals surface area (Å²) < 4.78 is 56.8.